The van der Waals surface area contributed by atoms with Crippen LogP contribution in [0.25, 0.3) is 0 Å². The highest BCUT2D eigenvalue weighted by molar-refractivity contribution is 5.77. The summed E-state index contributed by atoms with van der Waals surface area (Å²) in [6.45, 7) is 8.05. The van der Waals surface area contributed by atoms with Gasteiger partial charge < -0.3 is 9.32 Å². The van der Waals surface area contributed by atoms with Gasteiger partial charge in [0.25, 0.3) is 0 Å². The minimum absolute atomic E-state index is 0.142. The number of rotatable bonds is 6. The molecule has 0 N–H and O–H groups in total. The minimum atomic E-state index is 0.142. The molecule has 25 heavy (non-hydrogen) atoms. The van der Waals surface area contributed by atoms with E-state index < -0.39 is 0 Å². The Bertz CT molecular complexity index is 676. The van der Waals surface area contributed by atoms with Gasteiger partial charge in [-0.05, 0) is 30.2 Å². The zero-order valence-electron chi connectivity index (χ0n) is 15.1. The monoisotopic (exact) mass is 341 g/mol. The van der Waals surface area contributed by atoms with E-state index in [2.05, 4.69) is 41.0 Å². The molecule has 1 amide bonds. The Morgan fingerprint density at radius 2 is 1.80 bits per heavy atom. The van der Waals surface area contributed by atoms with Crippen molar-refractivity contribution in [2.24, 2.45) is 0 Å². The maximum absolute atomic E-state index is 12.4. The first kappa shape index (κ1) is 17.7. The lowest BCUT2D eigenvalue weighted by molar-refractivity contribution is -0.132. The molecule has 5 nitrogen and oxygen atoms in total. The fourth-order valence-electron chi connectivity index (χ4n) is 3.17. The summed E-state index contributed by atoms with van der Waals surface area (Å²) < 4.78 is 5.31. The summed E-state index contributed by atoms with van der Waals surface area (Å²) >= 11 is 0. The van der Waals surface area contributed by atoms with Crippen LogP contribution in [0.3, 0.4) is 0 Å². The molecule has 0 saturated carbocycles. The standard InChI is InChI=1S/C20H27N3O2/c1-17-6-3-4-7-18(17)14-22-9-11-23(12-10-22)16-20(24)21(2)15-19-8-5-13-25-19/h3-8,13H,9-12,14-16H2,1-2H3. The molecule has 0 atom stereocenters. The summed E-state index contributed by atoms with van der Waals surface area (Å²) in [4.78, 5) is 18.8. The average Bonchev–Trinajstić information content (AvgIpc) is 3.11. The molecule has 1 aliphatic rings. The normalized spacial score (nSPS) is 16.1. The van der Waals surface area contributed by atoms with Gasteiger partial charge in [-0.25, -0.2) is 0 Å². The van der Waals surface area contributed by atoms with Gasteiger partial charge in [-0.1, -0.05) is 24.3 Å². The number of likely N-dealkylation sites (N-methyl/N-ethyl adjacent to an activating group) is 1. The fraction of sp³-hybridized carbons (Fsp3) is 0.450. The van der Waals surface area contributed by atoms with E-state index in [0.29, 0.717) is 13.1 Å². The number of furan rings is 1. The van der Waals surface area contributed by atoms with Crippen molar-refractivity contribution in [1.82, 2.24) is 14.7 Å². The van der Waals surface area contributed by atoms with Crippen molar-refractivity contribution in [3.8, 4) is 0 Å². The van der Waals surface area contributed by atoms with Crippen LogP contribution in [0.5, 0.6) is 0 Å². The number of amides is 1. The van der Waals surface area contributed by atoms with Crippen LogP contribution in [0.1, 0.15) is 16.9 Å². The van der Waals surface area contributed by atoms with Gasteiger partial charge in [-0.3, -0.25) is 14.6 Å². The Balaban J connectivity index is 1.43. The van der Waals surface area contributed by atoms with Crippen molar-refractivity contribution in [3.05, 3.63) is 59.5 Å². The van der Waals surface area contributed by atoms with Crippen molar-refractivity contribution in [2.45, 2.75) is 20.0 Å². The van der Waals surface area contributed by atoms with E-state index in [1.54, 1.807) is 11.2 Å². The fourth-order valence-corrected chi connectivity index (χ4v) is 3.17. The number of nitrogens with zero attached hydrogens (tertiary/aromatic N) is 3. The molecule has 0 bridgehead atoms. The largest absolute Gasteiger partial charge is 0.467 e. The van der Waals surface area contributed by atoms with Crippen LogP contribution in [0, 0.1) is 6.92 Å². The molecule has 1 saturated heterocycles. The quantitative estimate of drug-likeness (QED) is 0.809. The lowest BCUT2D eigenvalue weighted by Gasteiger charge is -2.35. The van der Waals surface area contributed by atoms with E-state index in [9.17, 15) is 4.79 Å². The predicted octanol–water partition coefficient (Wildman–Crippen LogP) is 2.36. The van der Waals surface area contributed by atoms with Crippen LogP contribution in [-0.2, 0) is 17.9 Å². The first-order valence-corrected chi connectivity index (χ1v) is 8.87. The molecule has 0 spiro atoms. The van der Waals surface area contributed by atoms with Crippen LogP contribution in [0.4, 0.5) is 0 Å². The van der Waals surface area contributed by atoms with Gasteiger partial charge in [-0.2, -0.15) is 0 Å². The van der Waals surface area contributed by atoms with Crippen LogP contribution in [0.2, 0.25) is 0 Å². The molecule has 134 valence electrons. The Hall–Kier alpha value is -2.11. The Labute approximate surface area is 149 Å². The predicted molar refractivity (Wildman–Crippen MR) is 98.1 cm³/mol. The van der Waals surface area contributed by atoms with Gasteiger partial charge in [0.1, 0.15) is 5.76 Å². The van der Waals surface area contributed by atoms with Crippen LogP contribution >= 0.6 is 0 Å². The molecule has 0 radical (unpaired) electrons. The van der Waals surface area contributed by atoms with Crippen LogP contribution < -0.4 is 0 Å². The Morgan fingerprint density at radius 3 is 2.48 bits per heavy atom. The highest BCUT2D eigenvalue weighted by Gasteiger charge is 2.21. The Morgan fingerprint density at radius 1 is 1.08 bits per heavy atom. The van der Waals surface area contributed by atoms with E-state index in [0.717, 1.165) is 38.5 Å². The van der Waals surface area contributed by atoms with E-state index >= 15 is 0 Å². The summed E-state index contributed by atoms with van der Waals surface area (Å²) in [7, 11) is 1.83. The highest BCUT2D eigenvalue weighted by atomic mass is 16.3. The molecule has 2 heterocycles. The van der Waals surface area contributed by atoms with Crippen LogP contribution in [-0.4, -0.2) is 60.4 Å². The zero-order valence-corrected chi connectivity index (χ0v) is 15.1. The van der Waals surface area contributed by atoms with E-state index in [4.69, 9.17) is 4.42 Å². The maximum atomic E-state index is 12.4. The third kappa shape index (κ3) is 4.94. The number of hydrogen-bond donors (Lipinski definition) is 0. The molecular formula is C20H27N3O2. The minimum Gasteiger partial charge on any atom is -0.467 e. The summed E-state index contributed by atoms with van der Waals surface area (Å²) in [5, 5.41) is 0. The molecule has 1 aromatic heterocycles. The first-order chi connectivity index (χ1) is 12.1. The van der Waals surface area contributed by atoms with E-state index in [-0.39, 0.29) is 5.91 Å². The zero-order chi connectivity index (χ0) is 17.6. The third-order valence-electron chi connectivity index (χ3n) is 4.88. The third-order valence-corrected chi connectivity index (χ3v) is 4.88. The van der Waals surface area contributed by atoms with Crippen LogP contribution in [0.15, 0.2) is 47.1 Å². The van der Waals surface area contributed by atoms with Gasteiger partial charge in [0.2, 0.25) is 5.91 Å². The molecule has 0 aliphatic carbocycles. The van der Waals surface area contributed by atoms with Gasteiger partial charge in [0, 0.05) is 39.8 Å². The van der Waals surface area contributed by atoms with Crippen molar-refractivity contribution in [3.63, 3.8) is 0 Å². The lowest BCUT2D eigenvalue weighted by Crippen LogP contribution is -2.49. The number of aryl methyl sites for hydroxylation is 1. The molecule has 5 heteroatoms. The number of piperazine rings is 1. The second kappa shape index (κ2) is 8.32. The summed E-state index contributed by atoms with van der Waals surface area (Å²) in [5.74, 6) is 0.961. The maximum Gasteiger partial charge on any atom is 0.236 e. The number of carbonyl (C=O) groups is 1. The van der Waals surface area contributed by atoms with Gasteiger partial charge >= 0.3 is 0 Å². The van der Waals surface area contributed by atoms with Crippen molar-refractivity contribution < 1.29 is 9.21 Å². The lowest BCUT2D eigenvalue weighted by atomic mass is 10.1. The van der Waals surface area contributed by atoms with E-state index in [1.165, 1.54) is 11.1 Å². The average molecular weight is 341 g/mol. The van der Waals surface area contributed by atoms with Gasteiger partial charge in [0.05, 0.1) is 19.4 Å². The van der Waals surface area contributed by atoms with Crippen molar-refractivity contribution >= 4 is 5.91 Å². The summed E-state index contributed by atoms with van der Waals surface area (Å²) in [5.41, 5.74) is 2.74. The topological polar surface area (TPSA) is 39.9 Å². The number of hydrogen-bond acceptors (Lipinski definition) is 4. The number of benzene rings is 1. The second-order valence-corrected chi connectivity index (χ2v) is 6.81. The summed E-state index contributed by atoms with van der Waals surface area (Å²) in [6.07, 6.45) is 1.64. The molecule has 1 aliphatic heterocycles. The van der Waals surface area contributed by atoms with Gasteiger partial charge in [0.15, 0.2) is 0 Å². The van der Waals surface area contributed by atoms with Crippen molar-refractivity contribution in [1.29, 1.82) is 0 Å². The van der Waals surface area contributed by atoms with E-state index in [1.807, 2.05) is 19.2 Å². The molecular weight excluding hydrogens is 314 g/mol. The number of carbonyl (C=O) groups excluding carboxylic acids is 1. The SMILES string of the molecule is Cc1ccccc1CN1CCN(CC(=O)N(C)Cc2ccco2)CC1. The smallest absolute Gasteiger partial charge is 0.236 e. The van der Waals surface area contributed by atoms with Crippen molar-refractivity contribution in [2.75, 3.05) is 39.8 Å². The molecule has 3 rings (SSSR count). The highest BCUT2D eigenvalue weighted by Crippen LogP contribution is 2.13. The summed E-state index contributed by atoms with van der Waals surface area (Å²) in [6, 6.07) is 12.3. The van der Waals surface area contributed by atoms with Gasteiger partial charge in [-0.15, -0.1) is 0 Å². The molecule has 1 fully saturated rings. The first-order valence-electron chi connectivity index (χ1n) is 8.87. The second-order valence-electron chi connectivity index (χ2n) is 6.81. The molecule has 1 aromatic carbocycles. The molecule has 2 aromatic rings. The molecule has 0 unspecified atom stereocenters. The Kier molecular flexibility index (Phi) is 5.89.